The number of esters is 1. The van der Waals surface area contributed by atoms with Crippen LogP contribution in [-0.4, -0.2) is 45.7 Å². The Labute approximate surface area is 158 Å². The van der Waals surface area contributed by atoms with E-state index in [0.717, 1.165) is 27.6 Å². The molecule has 8 heteroatoms. The summed E-state index contributed by atoms with van der Waals surface area (Å²) in [6.45, 7) is -0.148. The minimum absolute atomic E-state index is 0.129. The number of benzene rings is 2. The van der Waals surface area contributed by atoms with Crippen LogP contribution in [0.3, 0.4) is 0 Å². The lowest BCUT2D eigenvalue weighted by molar-refractivity contribution is -0.140. The molecule has 0 atom stereocenters. The minimum atomic E-state index is -0.486. The summed E-state index contributed by atoms with van der Waals surface area (Å²) in [6, 6.07) is 15.6. The molecule has 7 nitrogen and oxygen atoms in total. The Balaban J connectivity index is 1.72. The van der Waals surface area contributed by atoms with E-state index in [4.69, 9.17) is 9.97 Å². The Morgan fingerprint density at radius 1 is 1.07 bits per heavy atom. The number of ether oxygens (including phenoxy) is 1. The average Bonchev–Trinajstić information content (AvgIpc) is 3.10. The highest BCUT2D eigenvalue weighted by molar-refractivity contribution is 7.99. The molecule has 0 aliphatic heterocycles. The Bertz CT molecular complexity index is 1170. The molecule has 0 saturated heterocycles. The predicted octanol–water partition coefficient (Wildman–Crippen LogP) is 2.42. The van der Waals surface area contributed by atoms with Crippen LogP contribution >= 0.6 is 11.8 Å². The zero-order chi connectivity index (χ0) is 18.8. The summed E-state index contributed by atoms with van der Waals surface area (Å²) in [5.41, 5.74) is 3.42. The zero-order valence-corrected chi connectivity index (χ0v) is 15.3. The predicted molar refractivity (Wildman–Crippen MR) is 104 cm³/mol. The molecule has 0 radical (unpaired) electrons. The number of imidazole rings is 1. The van der Waals surface area contributed by atoms with Gasteiger partial charge in [0.25, 0.3) is 0 Å². The molecule has 0 aliphatic carbocycles. The van der Waals surface area contributed by atoms with Crippen molar-refractivity contribution < 1.29 is 14.3 Å². The molecule has 2 aromatic heterocycles. The van der Waals surface area contributed by atoms with Crippen molar-refractivity contribution >= 4 is 51.2 Å². The number of aromatic nitrogens is 3. The van der Waals surface area contributed by atoms with Crippen molar-refractivity contribution in [3.8, 4) is 0 Å². The number of amides is 1. The van der Waals surface area contributed by atoms with Gasteiger partial charge < -0.3 is 10.1 Å². The molecule has 0 spiro atoms. The van der Waals surface area contributed by atoms with Crippen LogP contribution in [0.4, 0.5) is 0 Å². The van der Waals surface area contributed by atoms with Crippen molar-refractivity contribution in [2.24, 2.45) is 0 Å². The minimum Gasteiger partial charge on any atom is -0.468 e. The normalized spacial score (nSPS) is 11.1. The van der Waals surface area contributed by atoms with Crippen LogP contribution in [0.2, 0.25) is 0 Å². The van der Waals surface area contributed by atoms with Gasteiger partial charge in [-0.3, -0.25) is 14.0 Å². The monoisotopic (exact) mass is 380 g/mol. The van der Waals surface area contributed by atoms with Crippen molar-refractivity contribution in [3.63, 3.8) is 0 Å². The fourth-order valence-corrected chi connectivity index (χ4v) is 3.67. The molecule has 2 heterocycles. The maximum Gasteiger partial charge on any atom is 0.325 e. The van der Waals surface area contributed by atoms with Crippen LogP contribution in [0.5, 0.6) is 0 Å². The lowest BCUT2D eigenvalue weighted by Crippen LogP contribution is -2.31. The summed E-state index contributed by atoms with van der Waals surface area (Å²) in [7, 11) is 1.28. The van der Waals surface area contributed by atoms with Crippen LogP contribution in [0, 0.1) is 0 Å². The highest BCUT2D eigenvalue weighted by Gasteiger charge is 2.15. The molecular weight excluding hydrogens is 364 g/mol. The highest BCUT2D eigenvalue weighted by Crippen LogP contribution is 2.28. The van der Waals surface area contributed by atoms with Gasteiger partial charge in [-0.25, -0.2) is 9.97 Å². The molecule has 4 aromatic rings. The average molecular weight is 380 g/mol. The Morgan fingerprint density at radius 2 is 1.81 bits per heavy atom. The first-order valence-corrected chi connectivity index (χ1v) is 9.28. The van der Waals surface area contributed by atoms with Crippen LogP contribution < -0.4 is 5.32 Å². The van der Waals surface area contributed by atoms with Crippen LogP contribution in [-0.2, 0) is 14.3 Å². The van der Waals surface area contributed by atoms with E-state index in [1.54, 1.807) is 0 Å². The van der Waals surface area contributed by atoms with E-state index in [2.05, 4.69) is 10.1 Å². The molecule has 0 aliphatic rings. The molecule has 0 bridgehead atoms. The Kier molecular flexibility index (Phi) is 4.64. The summed E-state index contributed by atoms with van der Waals surface area (Å²) in [5, 5.41) is 4.16. The molecule has 4 rings (SSSR count). The molecule has 0 unspecified atom stereocenters. The second-order valence-corrected chi connectivity index (χ2v) is 6.76. The fraction of sp³-hybridized carbons (Fsp3) is 0.158. The van der Waals surface area contributed by atoms with E-state index >= 15 is 0 Å². The molecule has 2 aromatic carbocycles. The van der Waals surface area contributed by atoms with Gasteiger partial charge in [-0.2, -0.15) is 0 Å². The van der Waals surface area contributed by atoms with Crippen molar-refractivity contribution in [1.29, 1.82) is 0 Å². The third-order valence-corrected chi connectivity index (χ3v) is 5.04. The van der Waals surface area contributed by atoms with Gasteiger partial charge in [-0.1, -0.05) is 36.0 Å². The topological polar surface area (TPSA) is 85.6 Å². The fourth-order valence-electron chi connectivity index (χ4n) is 2.83. The van der Waals surface area contributed by atoms with Crippen molar-refractivity contribution in [2.75, 3.05) is 19.4 Å². The molecule has 27 heavy (non-hydrogen) atoms. The van der Waals surface area contributed by atoms with E-state index in [0.29, 0.717) is 5.16 Å². The van der Waals surface area contributed by atoms with E-state index in [-0.39, 0.29) is 18.2 Å². The third kappa shape index (κ3) is 3.31. The maximum absolute atomic E-state index is 12.0. The molecule has 0 fully saturated rings. The first-order chi connectivity index (χ1) is 13.2. The Hall–Kier alpha value is -3.13. The summed E-state index contributed by atoms with van der Waals surface area (Å²) in [6.07, 6.45) is 0. The number of thioether (sulfide) groups is 1. The van der Waals surface area contributed by atoms with Gasteiger partial charge in [0.1, 0.15) is 12.2 Å². The van der Waals surface area contributed by atoms with E-state index in [9.17, 15) is 9.59 Å². The summed E-state index contributed by atoms with van der Waals surface area (Å²) in [4.78, 5) is 32.7. The summed E-state index contributed by atoms with van der Waals surface area (Å²) < 4.78 is 6.49. The Morgan fingerprint density at radius 3 is 2.63 bits per heavy atom. The van der Waals surface area contributed by atoms with Crippen molar-refractivity contribution in [3.05, 3.63) is 48.5 Å². The van der Waals surface area contributed by atoms with Gasteiger partial charge >= 0.3 is 5.97 Å². The standard InChI is InChI=1S/C19H16N4O3S/c1-26-17(25)10-20-16(24)11-27-19-22-13-7-3-2-6-12(13)18-21-14-8-4-5-9-15(14)23(18)19/h2-9H,10-11H2,1H3,(H,20,24). The molecule has 1 N–H and O–H groups in total. The number of hydrogen-bond donors (Lipinski definition) is 1. The van der Waals surface area contributed by atoms with Gasteiger partial charge in [0.2, 0.25) is 5.91 Å². The van der Waals surface area contributed by atoms with Crippen molar-refractivity contribution in [2.45, 2.75) is 5.16 Å². The van der Waals surface area contributed by atoms with E-state index < -0.39 is 5.97 Å². The molecule has 1 amide bonds. The number of nitrogens with one attached hydrogen (secondary N) is 1. The largest absolute Gasteiger partial charge is 0.468 e. The smallest absolute Gasteiger partial charge is 0.325 e. The van der Waals surface area contributed by atoms with Crippen LogP contribution in [0.15, 0.2) is 53.7 Å². The lowest BCUT2D eigenvalue weighted by atomic mass is 10.2. The van der Waals surface area contributed by atoms with Gasteiger partial charge in [-0.05, 0) is 24.3 Å². The molecule has 136 valence electrons. The van der Waals surface area contributed by atoms with E-state index in [1.165, 1.54) is 18.9 Å². The number of para-hydroxylation sites is 3. The second-order valence-electron chi connectivity index (χ2n) is 5.81. The SMILES string of the molecule is COC(=O)CNC(=O)CSc1nc2ccccc2c2nc3ccccc3n12. The van der Waals surface area contributed by atoms with Gasteiger partial charge in [0.15, 0.2) is 5.16 Å². The maximum atomic E-state index is 12.0. The number of hydrogen-bond acceptors (Lipinski definition) is 6. The second kappa shape index (κ2) is 7.24. The van der Waals surface area contributed by atoms with Gasteiger partial charge in [0.05, 0.1) is 29.4 Å². The summed E-state index contributed by atoms with van der Waals surface area (Å²) >= 11 is 1.30. The van der Waals surface area contributed by atoms with E-state index in [1.807, 2.05) is 52.9 Å². The summed E-state index contributed by atoms with van der Waals surface area (Å²) in [5.74, 6) is -0.623. The third-order valence-electron chi connectivity index (χ3n) is 4.10. The first-order valence-electron chi connectivity index (χ1n) is 8.29. The number of fused-ring (bicyclic) bond motifs is 5. The molecular formula is C19H16N4O3S. The number of carbonyl (C=O) groups is 2. The van der Waals surface area contributed by atoms with Crippen LogP contribution in [0.25, 0.3) is 27.6 Å². The molecule has 0 saturated carbocycles. The lowest BCUT2D eigenvalue weighted by Gasteiger charge is -2.08. The first kappa shape index (κ1) is 17.3. The number of methoxy groups -OCH3 is 1. The van der Waals surface area contributed by atoms with Gasteiger partial charge in [0, 0.05) is 5.39 Å². The number of rotatable bonds is 5. The van der Waals surface area contributed by atoms with Gasteiger partial charge in [-0.15, -0.1) is 0 Å². The quantitative estimate of drug-likeness (QED) is 0.325. The zero-order valence-electron chi connectivity index (χ0n) is 14.5. The number of nitrogens with zero attached hydrogens (tertiary/aromatic N) is 3. The van der Waals surface area contributed by atoms with Crippen LogP contribution in [0.1, 0.15) is 0 Å². The van der Waals surface area contributed by atoms with Crippen molar-refractivity contribution in [1.82, 2.24) is 19.7 Å². The number of carbonyl (C=O) groups excluding carboxylic acids is 2. The highest BCUT2D eigenvalue weighted by atomic mass is 32.2.